The third-order valence-corrected chi connectivity index (χ3v) is 3.13. The van der Waals surface area contributed by atoms with Gasteiger partial charge in [-0.05, 0) is 19.1 Å². The van der Waals surface area contributed by atoms with Crippen LogP contribution in [0, 0.1) is 6.92 Å². The molecule has 0 aliphatic rings. The molecule has 0 saturated carbocycles. The second-order valence-corrected chi connectivity index (χ2v) is 4.75. The summed E-state index contributed by atoms with van der Waals surface area (Å²) in [5.74, 6) is 0.744. The van der Waals surface area contributed by atoms with Gasteiger partial charge in [-0.15, -0.1) is 0 Å². The van der Waals surface area contributed by atoms with Crippen LogP contribution in [0.5, 0.6) is 0 Å². The number of aromatic nitrogens is 2. The number of halogens is 1. The van der Waals surface area contributed by atoms with Gasteiger partial charge in [0.25, 0.3) is 0 Å². The van der Waals surface area contributed by atoms with Crippen molar-refractivity contribution in [1.29, 1.82) is 0 Å². The quantitative estimate of drug-likeness (QED) is 0.849. The van der Waals surface area contributed by atoms with Gasteiger partial charge in [-0.25, -0.2) is 0 Å². The first-order valence-electron chi connectivity index (χ1n) is 5.35. The molecule has 2 rings (SSSR count). The summed E-state index contributed by atoms with van der Waals surface area (Å²) in [6, 6.07) is 7.47. The fraction of sp³-hybridized carbons (Fsp3) is 0.167. The van der Waals surface area contributed by atoms with Gasteiger partial charge in [0.1, 0.15) is 10.8 Å². The van der Waals surface area contributed by atoms with Crippen LogP contribution in [0.3, 0.4) is 0 Å². The Morgan fingerprint density at radius 2 is 2.11 bits per heavy atom. The van der Waals surface area contributed by atoms with Crippen LogP contribution >= 0.6 is 23.8 Å². The van der Waals surface area contributed by atoms with Crippen LogP contribution in [-0.4, -0.2) is 14.8 Å². The number of anilines is 2. The van der Waals surface area contributed by atoms with Crippen molar-refractivity contribution in [1.82, 2.24) is 9.78 Å². The number of thiocarbonyl (C=S) groups is 1. The fourth-order valence-electron chi connectivity index (χ4n) is 1.79. The van der Waals surface area contributed by atoms with Crippen molar-refractivity contribution in [3.63, 3.8) is 0 Å². The summed E-state index contributed by atoms with van der Waals surface area (Å²) >= 11 is 11.2. The van der Waals surface area contributed by atoms with Gasteiger partial charge in [0, 0.05) is 7.05 Å². The van der Waals surface area contributed by atoms with Crippen LogP contribution in [0.15, 0.2) is 24.3 Å². The van der Waals surface area contributed by atoms with E-state index in [-0.39, 0.29) is 0 Å². The highest BCUT2D eigenvalue weighted by atomic mass is 35.5. The highest BCUT2D eigenvalue weighted by Gasteiger charge is 2.16. The van der Waals surface area contributed by atoms with Crippen LogP contribution in [0.4, 0.5) is 11.5 Å². The van der Waals surface area contributed by atoms with Crippen molar-refractivity contribution in [2.75, 3.05) is 5.32 Å². The minimum Gasteiger partial charge on any atom is -0.389 e. The Morgan fingerprint density at radius 1 is 1.44 bits per heavy atom. The van der Waals surface area contributed by atoms with Crippen molar-refractivity contribution < 1.29 is 0 Å². The lowest BCUT2D eigenvalue weighted by Gasteiger charge is -2.10. The second kappa shape index (κ2) is 4.96. The number of nitrogens with two attached hydrogens (primary N) is 1. The zero-order valence-electron chi connectivity index (χ0n) is 10.1. The molecule has 0 amide bonds. The van der Waals surface area contributed by atoms with E-state index in [1.807, 2.05) is 38.2 Å². The molecule has 0 saturated heterocycles. The van der Waals surface area contributed by atoms with Gasteiger partial charge in [-0.3, -0.25) is 4.68 Å². The molecule has 6 heteroatoms. The molecule has 18 heavy (non-hydrogen) atoms. The maximum Gasteiger partial charge on any atom is 0.138 e. The zero-order valence-corrected chi connectivity index (χ0v) is 11.6. The first-order valence-corrected chi connectivity index (χ1v) is 6.14. The lowest BCUT2D eigenvalue weighted by molar-refractivity contribution is 0.765. The third-order valence-electron chi connectivity index (χ3n) is 2.60. The Morgan fingerprint density at radius 3 is 2.72 bits per heavy atom. The van der Waals surface area contributed by atoms with E-state index < -0.39 is 0 Å². The summed E-state index contributed by atoms with van der Waals surface area (Å²) in [6.07, 6.45) is 0. The number of hydrogen-bond donors (Lipinski definition) is 2. The van der Waals surface area contributed by atoms with Crippen molar-refractivity contribution in [3.8, 4) is 0 Å². The summed E-state index contributed by atoms with van der Waals surface area (Å²) in [5, 5.41) is 8.14. The van der Waals surface area contributed by atoms with Gasteiger partial charge in [0.15, 0.2) is 0 Å². The molecule has 4 nitrogen and oxygen atoms in total. The average Bonchev–Trinajstić information content (AvgIpc) is 2.57. The minimum absolute atomic E-state index is 0.315. The molecule has 0 radical (unpaired) electrons. The molecule has 2 aromatic rings. The number of nitrogens with one attached hydrogen (secondary N) is 1. The molecule has 0 aliphatic carbocycles. The van der Waals surface area contributed by atoms with Crippen LogP contribution in [0.1, 0.15) is 11.3 Å². The van der Waals surface area contributed by atoms with Crippen molar-refractivity contribution in [2.45, 2.75) is 6.92 Å². The standard InChI is InChI=1S/C12H13ClN4S/c1-7-10(11(14)18)12(17(2)16-7)15-9-6-4-3-5-8(9)13/h3-6,15H,1-2H3,(H2,14,18). The summed E-state index contributed by atoms with van der Waals surface area (Å²) in [7, 11) is 1.83. The van der Waals surface area contributed by atoms with Gasteiger partial charge in [0.2, 0.25) is 0 Å². The Hall–Kier alpha value is -1.59. The van der Waals surface area contributed by atoms with Gasteiger partial charge in [-0.2, -0.15) is 5.10 Å². The molecule has 0 bridgehead atoms. The van der Waals surface area contributed by atoms with Crippen LogP contribution < -0.4 is 11.1 Å². The third kappa shape index (κ3) is 2.32. The highest BCUT2D eigenvalue weighted by molar-refractivity contribution is 7.80. The van der Waals surface area contributed by atoms with E-state index in [1.165, 1.54) is 0 Å². The van der Waals surface area contributed by atoms with Crippen molar-refractivity contribution >= 4 is 40.3 Å². The molecule has 1 aromatic heterocycles. The molecule has 0 unspecified atom stereocenters. The van der Waals surface area contributed by atoms with Gasteiger partial charge in [-0.1, -0.05) is 36.0 Å². The van der Waals surface area contributed by atoms with Crippen LogP contribution in [-0.2, 0) is 7.05 Å². The number of nitrogens with zero attached hydrogens (tertiary/aromatic N) is 2. The number of para-hydroxylation sites is 1. The van der Waals surface area contributed by atoms with Crippen LogP contribution in [0.25, 0.3) is 0 Å². The molecule has 94 valence electrons. The Labute approximate surface area is 116 Å². The molecule has 0 aliphatic heterocycles. The maximum absolute atomic E-state index is 6.11. The second-order valence-electron chi connectivity index (χ2n) is 3.90. The normalized spacial score (nSPS) is 10.4. The first-order chi connectivity index (χ1) is 8.50. The van der Waals surface area contributed by atoms with Gasteiger partial charge < -0.3 is 11.1 Å². The smallest absolute Gasteiger partial charge is 0.138 e. The van der Waals surface area contributed by atoms with E-state index in [0.717, 1.165) is 22.8 Å². The summed E-state index contributed by atoms with van der Waals surface area (Å²) < 4.78 is 1.70. The predicted molar refractivity (Wildman–Crippen MR) is 78.6 cm³/mol. The molecule has 0 fully saturated rings. The van der Waals surface area contributed by atoms with Gasteiger partial charge in [0.05, 0.1) is 22.0 Å². The van der Waals surface area contributed by atoms with Gasteiger partial charge >= 0.3 is 0 Å². The Bertz CT molecular complexity index is 606. The minimum atomic E-state index is 0.315. The topological polar surface area (TPSA) is 55.9 Å². The van der Waals surface area contributed by atoms with E-state index >= 15 is 0 Å². The van der Waals surface area contributed by atoms with E-state index in [1.54, 1.807) is 4.68 Å². The number of aryl methyl sites for hydroxylation is 2. The summed E-state index contributed by atoms with van der Waals surface area (Å²) in [5.41, 5.74) is 8.05. The van der Waals surface area contributed by atoms with E-state index in [2.05, 4.69) is 10.4 Å². The Kier molecular flexibility index (Phi) is 3.54. The molecule has 1 aromatic carbocycles. The van der Waals surface area contributed by atoms with Crippen molar-refractivity contribution in [3.05, 3.63) is 40.5 Å². The number of benzene rings is 1. The SMILES string of the molecule is Cc1nn(C)c(Nc2ccccc2Cl)c1C(N)=S. The maximum atomic E-state index is 6.11. The van der Waals surface area contributed by atoms with E-state index in [4.69, 9.17) is 29.6 Å². The van der Waals surface area contributed by atoms with Crippen molar-refractivity contribution in [2.24, 2.45) is 12.8 Å². The Balaban J connectivity index is 2.47. The number of hydrogen-bond acceptors (Lipinski definition) is 3. The highest BCUT2D eigenvalue weighted by Crippen LogP contribution is 2.27. The summed E-state index contributed by atoms with van der Waals surface area (Å²) in [4.78, 5) is 0.315. The lowest BCUT2D eigenvalue weighted by atomic mass is 10.2. The molecular weight excluding hydrogens is 268 g/mol. The molecule has 1 heterocycles. The first kappa shape index (κ1) is 12.9. The largest absolute Gasteiger partial charge is 0.389 e. The summed E-state index contributed by atoms with van der Waals surface area (Å²) in [6.45, 7) is 1.87. The predicted octanol–water partition coefficient (Wildman–Crippen LogP) is 2.76. The lowest BCUT2D eigenvalue weighted by Crippen LogP contribution is -2.13. The zero-order chi connectivity index (χ0) is 13.3. The number of rotatable bonds is 3. The monoisotopic (exact) mass is 280 g/mol. The molecule has 0 atom stereocenters. The van der Waals surface area contributed by atoms with Crippen LogP contribution in [0.2, 0.25) is 5.02 Å². The molecule has 0 spiro atoms. The molecular formula is C12H13ClN4S. The fourth-order valence-corrected chi connectivity index (χ4v) is 2.21. The van der Waals surface area contributed by atoms with E-state index in [0.29, 0.717) is 10.0 Å². The van der Waals surface area contributed by atoms with E-state index in [9.17, 15) is 0 Å². The molecule has 3 N–H and O–H groups in total. The average molecular weight is 281 g/mol.